The monoisotopic (exact) mass is 604 g/mol. The molecule has 0 saturated heterocycles. The number of amides is 1. The molecule has 13 heteroatoms. The molecule has 0 radical (unpaired) electrons. The van der Waals surface area contributed by atoms with Crippen LogP contribution in [-0.4, -0.2) is 55.3 Å². The lowest BCUT2D eigenvalue weighted by atomic mass is 9.96. The van der Waals surface area contributed by atoms with Crippen LogP contribution in [0.1, 0.15) is 32.3 Å². The van der Waals surface area contributed by atoms with E-state index in [1.165, 1.54) is 28.6 Å². The summed E-state index contributed by atoms with van der Waals surface area (Å²) in [6, 6.07) is 11.6. The average Bonchev–Trinajstić information content (AvgIpc) is 3.17. The molecule has 0 aromatic heterocycles. The van der Waals surface area contributed by atoms with Crippen molar-refractivity contribution >= 4 is 45.0 Å². The van der Waals surface area contributed by atoms with E-state index in [9.17, 15) is 26.4 Å². The maximum Gasteiger partial charge on any atom is 0.390 e. The number of hydrogen-bond acceptors (Lipinski definition) is 5. The number of aliphatic imine (C=N–C) groups is 1. The number of carbonyl (C=O) groups excluding carboxylic acids is 1. The Morgan fingerprint density at radius 2 is 1.67 bits per heavy atom. The topological polar surface area (TPSA) is 90.9 Å². The fraction of sp³-hybridized carbons (Fsp3) is 0.385. The molecular formula is C26H29Cl2F3N4O3S. The van der Waals surface area contributed by atoms with Crippen molar-refractivity contribution < 1.29 is 26.4 Å². The van der Waals surface area contributed by atoms with E-state index >= 15 is 0 Å². The standard InChI is InChI=1S/C26H29Cl2F3N4O3S/c1-17(23-33-22(25(2,3)34-23)24(36)32-14-13-26(29,30)31)12-15-35(16-18-4-6-19(27)7-5-18)39(37,38)21-10-8-20(28)9-11-21/h4-11,22H,1,12-16H2,2-3H3,(H,32,36)(H,33,34)/t22-/m0/s1. The first-order valence-electron chi connectivity index (χ1n) is 12.0. The van der Waals surface area contributed by atoms with E-state index in [1.54, 1.807) is 38.1 Å². The quantitative estimate of drug-likeness (QED) is 0.362. The minimum absolute atomic E-state index is 0.0377. The van der Waals surface area contributed by atoms with Gasteiger partial charge in [0.15, 0.2) is 6.04 Å². The SMILES string of the molecule is C=C(CCN(Cc1ccc(Cl)cc1)S(=O)(=O)c1ccc(Cl)cc1)C1=N[C@@H](C(=O)NCCC(F)(F)F)C(C)(C)N1. The summed E-state index contributed by atoms with van der Waals surface area (Å²) >= 11 is 11.9. The van der Waals surface area contributed by atoms with E-state index in [1.807, 2.05) is 0 Å². The molecule has 39 heavy (non-hydrogen) atoms. The van der Waals surface area contributed by atoms with Crippen LogP contribution in [-0.2, 0) is 21.4 Å². The molecule has 7 nitrogen and oxygen atoms in total. The van der Waals surface area contributed by atoms with Crippen LogP contribution in [0, 0.1) is 0 Å². The second-order valence-corrected chi connectivity index (χ2v) is 12.5. The normalized spacial score (nSPS) is 17.0. The number of halogens is 5. The summed E-state index contributed by atoms with van der Waals surface area (Å²) in [7, 11) is -3.93. The first kappa shape index (κ1) is 30.9. The van der Waals surface area contributed by atoms with Crippen LogP contribution in [0.5, 0.6) is 0 Å². The zero-order chi connectivity index (χ0) is 29.0. The second-order valence-electron chi connectivity index (χ2n) is 9.66. The number of hydrogen-bond donors (Lipinski definition) is 2. The van der Waals surface area contributed by atoms with Crippen LogP contribution in [0.3, 0.4) is 0 Å². The van der Waals surface area contributed by atoms with Crippen molar-refractivity contribution in [1.29, 1.82) is 0 Å². The Morgan fingerprint density at radius 3 is 2.23 bits per heavy atom. The Morgan fingerprint density at radius 1 is 1.10 bits per heavy atom. The number of nitrogens with zero attached hydrogens (tertiary/aromatic N) is 2. The van der Waals surface area contributed by atoms with Crippen molar-refractivity contribution in [2.45, 2.75) is 55.9 Å². The molecule has 0 aliphatic carbocycles. The number of carbonyl (C=O) groups is 1. The van der Waals surface area contributed by atoms with Crippen molar-refractivity contribution in [3.8, 4) is 0 Å². The third-order valence-electron chi connectivity index (χ3n) is 6.06. The van der Waals surface area contributed by atoms with Crippen molar-refractivity contribution in [3.05, 3.63) is 76.3 Å². The van der Waals surface area contributed by atoms with E-state index in [0.717, 1.165) is 5.56 Å². The van der Waals surface area contributed by atoms with E-state index in [0.29, 0.717) is 21.5 Å². The smallest absolute Gasteiger partial charge is 0.363 e. The third-order valence-corrected chi connectivity index (χ3v) is 8.42. The van der Waals surface area contributed by atoms with Crippen LogP contribution in [0.25, 0.3) is 0 Å². The summed E-state index contributed by atoms with van der Waals surface area (Å²) in [4.78, 5) is 17.0. The first-order chi connectivity index (χ1) is 18.1. The van der Waals surface area contributed by atoms with Gasteiger partial charge in [-0.15, -0.1) is 0 Å². The van der Waals surface area contributed by atoms with E-state index in [4.69, 9.17) is 23.2 Å². The predicted octanol–water partition coefficient (Wildman–Crippen LogP) is 5.35. The van der Waals surface area contributed by atoms with Gasteiger partial charge in [0.2, 0.25) is 15.9 Å². The molecule has 2 N–H and O–H groups in total. The molecule has 2 aromatic rings. The largest absolute Gasteiger partial charge is 0.390 e. The zero-order valence-corrected chi connectivity index (χ0v) is 23.7. The number of amidine groups is 1. The van der Waals surface area contributed by atoms with Gasteiger partial charge in [-0.3, -0.25) is 9.79 Å². The van der Waals surface area contributed by atoms with E-state index in [2.05, 4.69) is 22.2 Å². The average molecular weight is 606 g/mol. The maximum absolute atomic E-state index is 13.5. The van der Waals surface area contributed by atoms with Gasteiger partial charge in [-0.2, -0.15) is 17.5 Å². The number of benzene rings is 2. The highest BCUT2D eigenvalue weighted by Crippen LogP contribution is 2.25. The lowest BCUT2D eigenvalue weighted by molar-refractivity contribution is -0.136. The summed E-state index contributed by atoms with van der Waals surface area (Å²) < 4.78 is 65.7. The van der Waals surface area contributed by atoms with Crippen molar-refractivity contribution in [2.75, 3.05) is 13.1 Å². The van der Waals surface area contributed by atoms with Crippen molar-refractivity contribution in [3.63, 3.8) is 0 Å². The maximum atomic E-state index is 13.5. The van der Waals surface area contributed by atoms with Gasteiger partial charge in [0.25, 0.3) is 0 Å². The Balaban J connectivity index is 1.75. The van der Waals surface area contributed by atoms with Gasteiger partial charge in [-0.25, -0.2) is 8.42 Å². The molecule has 1 amide bonds. The van der Waals surface area contributed by atoms with Crippen molar-refractivity contribution in [2.24, 2.45) is 4.99 Å². The van der Waals surface area contributed by atoms with Crippen LogP contribution < -0.4 is 10.6 Å². The van der Waals surface area contributed by atoms with Gasteiger partial charge in [0, 0.05) is 29.7 Å². The molecular weight excluding hydrogens is 576 g/mol. The van der Waals surface area contributed by atoms with E-state index in [-0.39, 0.29) is 24.4 Å². The van der Waals surface area contributed by atoms with Crippen LogP contribution in [0.2, 0.25) is 10.0 Å². The lowest BCUT2D eigenvalue weighted by Crippen LogP contribution is -2.51. The molecule has 212 valence electrons. The lowest BCUT2D eigenvalue weighted by Gasteiger charge is -2.26. The van der Waals surface area contributed by atoms with Crippen LogP contribution >= 0.6 is 23.2 Å². The molecule has 0 unspecified atom stereocenters. The second kappa shape index (κ2) is 12.3. The zero-order valence-electron chi connectivity index (χ0n) is 21.4. The Bertz CT molecular complexity index is 1330. The summed E-state index contributed by atoms with van der Waals surface area (Å²) in [5.41, 5.74) is 0.274. The highest BCUT2D eigenvalue weighted by Gasteiger charge is 2.41. The summed E-state index contributed by atoms with van der Waals surface area (Å²) in [5.74, 6) is -0.347. The van der Waals surface area contributed by atoms with E-state index < -0.39 is 46.7 Å². The van der Waals surface area contributed by atoms with Crippen LogP contribution in [0.4, 0.5) is 13.2 Å². The fourth-order valence-corrected chi connectivity index (χ4v) is 5.58. The predicted molar refractivity (Wildman–Crippen MR) is 146 cm³/mol. The fourth-order valence-electron chi connectivity index (χ4n) is 3.90. The molecule has 3 rings (SSSR count). The molecule has 1 atom stereocenters. The minimum atomic E-state index is -4.39. The number of rotatable bonds is 11. The van der Waals surface area contributed by atoms with Gasteiger partial charge in [0.05, 0.1) is 16.9 Å². The number of nitrogens with one attached hydrogen (secondary N) is 2. The highest BCUT2D eigenvalue weighted by atomic mass is 35.5. The molecule has 0 fully saturated rings. The summed E-state index contributed by atoms with van der Waals surface area (Å²) in [5, 5.41) is 6.29. The Labute approximate surface area is 236 Å². The molecule has 1 heterocycles. The van der Waals surface area contributed by atoms with Crippen LogP contribution in [0.15, 0.2) is 70.6 Å². The van der Waals surface area contributed by atoms with Gasteiger partial charge < -0.3 is 10.6 Å². The minimum Gasteiger partial charge on any atom is -0.363 e. The third kappa shape index (κ3) is 8.44. The molecule has 0 saturated carbocycles. The molecule has 1 aliphatic rings. The van der Waals surface area contributed by atoms with Crippen molar-refractivity contribution in [1.82, 2.24) is 14.9 Å². The highest BCUT2D eigenvalue weighted by molar-refractivity contribution is 7.89. The first-order valence-corrected chi connectivity index (χ1v) is 14.2. The summed E-state index contributed by atoms with van der Waals surface area (Å²) in [6.45, 7) is 6.96. The molecule has 1 aliphatic heterocycles. The van der Waals surface area contributed by atoms with Gasteiger partial charge in [-0.05, 0) is 67.8 Å². The number of sulfonamides is 1. The Hall–Kier alpha value is -2.60. The van der Waals surface area contributed by atoms with Gasteiger partial charge >= 0.3 is 6.18 Å². The summed E-state index contributed by atoms with van der Waals surface area (Å²) in [6.07, 6.45) is -5.36. The Kier molecular flexibility index (Phi) is 9.74. The molecule has 0 bridgehead atoms. The van der Waals surface area contributed by atoms with Gasteiger partial charge in [0.1, 0.15) is 5.84 Å². The van der Waals surface area contributed by atoms with Gasteiger partial charge in [-0.1, -0.05) is 41.9 Å². The molecule has 2 aromatic carbocycles. The number of alkyl halides is 3. The molecule has 0 spiro atoms.